The monoisotopic (exact) mass is 373 g/mol. The summed E-state index contributed by atoms with van der Waals surface area (Å²) in [5.74, 6) is -0.506. The van der Waals surface area contributed by atoms with E-state index >= 15 is 0 Å². The van der Waals surface area contributed by atoms with E-state index in [0.29, 0.717) is 18.7 Å². The molecule has 140 valence electrons. The van der Waals surface area contributed by atoms with E-state index in [0.717, 1.165) is 22.3 Å². The van der Waals surface area contributed by atoms with E-state index < -0.39 is 5.84 Å². The third-order valence-corrected chi connectivity index (χ3v) is 4.54. The number of nitriles is 1. The van der Waals surface area contributed by atoms with Crippen molar-refractivity contribution in [1.29, 1.82) is 10.7 Å². The van der Waals surface area contributed by atoms with Crippen LogP contribution in [0.2, 0.25) is 0 Å². The second-order valence-electron chi connectivity index (χ2n) is 6.43. The molecule has 0 aromatic heterocycles. The van der Waals surface area contributed by atoms with E-state index in [9.17, 15) is 9.59 Å². The number of carbonyl (C=O) groups is 2. The molecule has 2 aromatic carbocycles. The van der Waals surface area contributed by atoms with Gasteiger partial charge in [0.05, 0.1) is 12.9 Å². The highest BCUT2D eigenvalue weighted by Crippen LogP contribution is 2.30. The van der Waals surface area contributed by atoms with E-state index in [1.807, 2.05) is 42.5 Å². The normalized spacial score (nSPS) is 12.5. The summed E-state index contributed by atoms with van der Waals surface area (Å²) in [4.78, 5) is 29.5. The second kappa shape index (κ2) is 8.27. The summed E-state index contributed by atoms with van der Waals surface area (Å²) in [5, 5.41) is 18.3. The molecule has 0 fully saturated rings. The van der Waals surface area contributed by atoms with Gasteiger partial charge in [0.25, 0.3) is 0 Å². The van der Waals surface area contributed by atoms with Crippen LogP contribution in [0.25, 0.3) is 11.1 Å². The second-order valence-corrected chi connectivity index (χ2v) is 6.43. The number of Topliss-reactive ketones (excluding diaryl/α,β-unsaturated/α-hetero) is 1. The molecule has 7 nitrogen and oxygen atoms in total. The van der Waals surface area contributed by atoms with Crippen molar-refractivity contribution in [3.05, 3.63) is 59.2 Å². The van der Waals surface area contributed by atoms with E-state index in [1.54, 1.807) is 17.9 Å². The Morgan fingerprint density at radius 3 is 2.75 bits per heavy atom. The van der Waals surface area contributed by atoms with E-state index in [4.69, 9.17) is 10.7 Å². The molecule has 0 saturated heterocycles. The van der Waals surface area contributed by atoms with Crippen LogP contribution in [0.5, 0.6) is 0 Å². The molecule has 0 spiro atoms. The van der Waals surface area contributed by atoms with Crippen LogP contribution in [0, 0.1) is 16.7 Å². The van der Waals surface area contributed by atoms with Crippen LogP contribution in [0.3, 0.4) is 0 Å². The lowest BCUT2D eigenvalue weighted by atomic mass is 9.95. The number of amides is 1. The average Bonchev–Trinajstić information content (AvgIpc) is 3.14. The molecule has 1 aliphatic heterocycles. The molecule has 0 aliphatic carbocycles. The molecule has 2 N–H and O–H groups in total. The fourth-order valence-corrected chi connectivity index (χ4v) is 3.16. The van der Waals surface area contributed by atoms with Crippen LogP contribution in [0.4, 0.5) is 0 Å². The van der Waals surface area contributed by atoms with Crippen LogP contribution in [0.1, 0.15) is 28.4 Å². The number of nitrogens with one attached hydrogen (secondary N) is 2. The standard InChI is InChI=1S/C21H19N5O2/c1-14(27)18-4-2-3-5-19(18)15-6-7-16-11-26(12-17(16)8-15)21(28)10-24-13-25-20(23)9-22/h2-8,13H,10-12H2,1H3,(H2,23,24,25). The Kier molecular flexibility index (Phi) is 5.61. The number of aliphatic imine (C=N–C) groups is 1. The van der Waals surface area contributed by atoms with Crippen molar-refractivity contribution >= 4 is 23.9 Å². The maximum absolute atomic E-state index is 12.4. The fourth-order valence-electron chi connectivity index (χ4n) is 3.16. The third-order valence-electron chi connectivity index (χ3n) is 4.54. The first-order valence-corrected chi connectivity index (χ1v) is 8.74. The van der Waals surface area contributed by atoms with Crippen LogP contribution in [0.15, 0.2) is 47.5 Å². The molecule has 3 rings (SSSR count). The van der Waals surface area contributed by atoms with Gasteiger partial charge in [0.2, 0.25) is 11.7 Å². The minimum atomic E-state index is -0.424. The van der Waals surface area contributed by atoms with E-state index in [2.05, 4.69) is 10.3 Å². The number of fused-ring (bicyclic) bond motifs is 1. The SMILES string of the molecule is CC(=O)c1ccccc1-c1ccc2c(c1)CN(C(=O)CN/C=N\C(=N)C#N)C2. The van der Waals surface area contributed by atoms with Crippen molar-refractivity contribution in [2.45, 2.75) is 20.0 Å². The van der Waals surface area contributed by atoms with Gasteiger partial charge in [-0.1, -0.05) is 36.4 Å². The summed E-state index contributed by atoms with van der Waals surface area (Å²) in [6.07, 6.45) is 1.18. The maximum atomic E-state index is 12.4. The topological polar surface area (TPSA) is 109 Å². The lowest BCUT2D eigenvalue weighted by Gasteiger charge is -2.14. The molecule has 0 bridgehead atoms. The van der Waals surface area contributed by atoms with Crippen molar-refractivity contribution in [3.8, 4) is 17.2 Å². The van der Waals surface area contributed by atoms with Crippen molar-refractivity contribution in [1.82, 2.24) is 10.2 Å². The summed E-state index contributed by atoms with van der Waals surface area (Å²) >= 11 is 0. The van der Waals surface area contributed by atoms with Gasteiger partial charge < -0.3 is 10.2 Å². The summed E-state index contributed by atoms with van der Waals surface area (Å²) < 4.78 is 0. The number of carbonyl (C=O) groups excluding carboxylic acids is 2. The molecule has 28 heavy (non-hydrogen) atoms. The Balaban J connectivity index is 1.70. The lowest BCUT2D eigenvalue weighted by molar-refractivity contribution is -0.130. The van der Waals surface area contributed by atoms with Crippen molar-refractivity contribution in [2.24, 2.45) is 4.99 Å². The number of benzene rings is 2. The van der Waals surface area contributed by atoms with Gasteiger partial charge in [-0.2, -0.15) is 5.26 Å². The highest BCUT2D eigenvalue weighted by molar-refractivity contribution is 6.01. The minimum absolute atomic E-state index is 0.0186. The molecule has 0 unspecified atom stereocenters. The smallest absolute Gasteiger partial charge is 0.242 e. The number of ketones is 1. The fraction of sp³-hybridized carbons (Fsp3) is 0.190. The first-order chi connectivity index (χ1) is 13.5. The molecule has 1 aliphatic rings. The summed E-state index contributed by atoms with van der Waals surface area (Å²) in [7, 11) is 0. The van der Waals surface area contributed by atoms with Gasteiger partial charge in [0, 0.05) is 18.7 Å². The summed E-state index contributed by atoms with van der Waals surface area (Å²) in [5.41, 5.74) is 4.67. The van der Waals surface area contributed by atoms with Gasteiger partial charge in [-0.25, -0.2) is 4.99 Å². The predicted molar refractivity (Wildman–Crippen MR) is 106 cm³/mol. The van der Waals surface area contributed by atoms with Gasteiger partial charge in [0.1, 0.15) is 6.07 Å². The highest BCUT2D eigenvalue weighted by Gasteiger charge is 2.23. The zero-order valence-corrected chi connectivity index (χ0v) is 15.4. The van der Waals surface area contributed by atoms with Gasteiger partial charge in [-0.15, -0.1) is 0 Å². The molecule has 1 amide bonds. The Morgan fingerprint density at radius 1 is 1.25 bits per heavy atom. The molecule has 1 heterocycles. The number of nitrogens with zero attached hydrogens (tertiary/aromatic N) is 3. The average molecular weight is 373 g/mol. The van der Waals surface area contributed by atoms with Crippen LogP contribution >= 0.6 is 0 Å². The molecule has 7 heteroatoms. The van der Waals surface area contributed by atoms with Crippen molar-refractivity contribution in [2.75, 3.05) is 6.54 Å². The maximum Gasteiger partial charge on any atom is 0.242 e. The number of hydrogen-bond acceptors (Lipinski definition) is 4. The molecule has 2 aromatic rings. The quantitative estimate of drug-likeness (QED) is 0.477. The van der Waals surface area contributed by atoms with Gasteiger partial charge in [-0.05, 0) is 35.2 Å². The Morgan fingerprint density at radius 2 is 2.00 bits per heavy atom. The third kappa shape index (κ3) is 4.13. The highest BCUT2D eigenvalue weighted by atomic mass is 16.2. The summed E-state index contributed by atoms with van der Waals surface area (Å²) in [6.45, 7) is 2.61. The Labute approximate surface area is 162 Å². The molecule has 0 saturated carbocycles. The number of rotatable bonds is 5. The predicted octanol–water partition coefficient (Wildman–Crippen LogP) is 2.52. The van der Waals surface area contributed by atoms with Crippen LogP contribution in [-0.4, -0.2) is 35.3 Å². The van der Waals surface area contributed by atoms with E-state index in [-0.39, 0.29) is 18.2 Å². The van der Waals surface area contributed by atoms with Gasteiger partial charge in [-0.3, -0.25) is 15.0 Å². The van der Waals surface area contributed by atoms with Crippen LogP contribution < -0.4 is 5.32 Å². The van der Waals surface area contributed by atoms with Crippen molar-refractivity contribution in [3.63, 3.8) is 0 Å². The molecule has 0 atom stereocenters. The van der Waals surface area contributed by atoms with Crippen molar-refractivity contribution < 1.29 is 9.59 Å². The Bertz CT molecular complexity index is 1020. The minimum Gasteiger partial charge on any atom is -0.367 e. The zero-order valence-electron chi connectivity index (χ0n) is 15.4. The Hall–Kier alpha value is -3.79. The first-order valence-electron chi connectivity index (χ1n) is 8.74. The van der Waals surface area contributed by atoms with Gasteiger partial charge in [0.15, 0.2) is 5.78 Å². The molecular formula is C21H19N5O2. The largest absolute Gasteiger partial charge is 0.367 e. The zero-order chi connectivity index (χ0) is 20.1. The number of hydrogen-bond donors (Lipinski definition) is 2. The molecule has 0 radical (unpaired) electrons. The van der Waals surface area contributed by atoms with Crippen LogP contribution in [-0.2, 0) is 17.9 Å². The molecular weight excluding hydrogens is 354 g/mol. The van der Waals surface area contributed by atoms with Gasteiger partial charge >= 0.3 is 0 Å². The summed E-state index contributed by atoms with van der Waals surface area (Å²) in [6, 6.07) is 15.1. The first kappa shape index (κ1) is 19.0. The van der Waals surface area contributed by atoms with E-state index in [1.165, 1.54) is 6.34 Å². The number of amidine groups is 1. The lowest BCUT2D eigenvalue weighted by Crippen LogP contribution is -2.34.